The second kappa shape index (κ2) is 2.60. The molecular weight excluding hydrogens is 164 g/mol. The Morgan fingerprint density at radius 2 is 2.00 bits per heavy atom. The third-order valence-corrected chi connectivity index (χ3v) is 3.20. The Kier molecular flexibility index (Phi) is 1.69. The van der Waals surface area contributed by atoms with Crippen molar-refractivity contribution in [1.29, 1.82) is 0 Å². The fourth-order valence-corrected chi connectivity index (χ4v) is 2.65. The highest BCUT2D eigenvalue weighted by Gasteiger charge is 2.13. The highest BCUT2D eigenvalue weighted by Crippen LogP contribution is 2.37. The van der Waals surface area contributed by atoms with Crippen molar-refractivity contribution < 1.29 is 0 Å². The van der Waals surface area contributed by atoms with Crippen molar-refractivity contribution in [1.82, 2.24) is 0 Å². The number of allylic oxidation sites excluding steroid dienone is 3. The van der Waals surface area contributed by atoms with Crippen molar-refractivity contribution in [2.24, 2.45) is 0 Å². The smallest absolute Gasteiger partial charge is 0.0417 e. The summed E-state index contributed by atoms with van der Waals surface area (Å²) in [6.45, 7) is 6.51. The first kappa shape index (κ1) is 7.81. The van der Waals surface area contributed by atoms with Gasteiger partial charge in [0.1, 0.15) is 0 Å². The van der Waals surface area contributed by atoms with E-state index in [0.717, 1.165) is 0 Å². The van der Waals surface area contributed by atoms with E-state index in [1.165, 1.54) is 26.5 Å². The summed E-state index contributed by atoms with van der Waals surface area (Å²) in [5, 5.41) is 0. The molecule has 0 fully saturated rings. The van der Waals surface area contributed by atoms with Crippen LogP contribution in [-0.2, 0) is 0 Å². The summed E-state index contributed by atoms with van der Waals surface area (Å²) in [6.07, 6.45) is 4.43. The van der Waals surface area contributed by atoms with Gasteiger partial charge in [-0.1, -0.05) is 17.7 Å². The van der Waals surface area contributed by atoms with E-state index < -0.39 is 0 Å². The van der Waals surface area contributed by atoms with Crippen molar-refractivity contribution >= 4 is 23.0 Å². The minimum Gasteiger partial charge on any atom is -0.140 e. The van der Waals surface area contributed by atoms with Gasteiger partial charge in [-0.05, 0) is 38.0 Å². The van der Waals surface area contributed by atoms with Crippen molar-refractivity contribution in [3.8, 4) is 0 Å². The van der Waals surface area contributed by atoms with E-state index in [1.807, 2.05) is 11.3 Å². The molecule has 0 aliphatic heterocycles. The Hall–Kier alpha value is -0.820. The lowest BCUT2D eigenvalue weighted by atomic mass is 10.1. The summed E-state index contributed by atoms with van der Waals surface area (Å²) in [5.74, 6) is 0. The van der Waals surface area contributed by atoms with Crippen LogP contribution in [0, 0.1) is 6.92 Å². The van der Waals surface area contributed by atoms with Crippen molar-refractivity contribution in [3.05, 3.63) is 33.0 Å². The van der Waals surface area contributed by atoms with Gasteiger partial charge in [-0.25, -0.2) is 0 Å². The summed E-state index contributed by atoms with van der Waals surface area (Å²) >= 11 is 1.89. The van der Waals surface area contributed by atoms with Gasteiger partial charge in [0, 0.05) is 9.75 Å². The molecule has 62 valence electrons. The molecule has 0 bridgehead atoms. The molecule has 12 heavy (non-hydrogen) atoms. The van der Waals surface area contributed by atoms with Gasteiger partial charge in [0.2, 0.25) is 0 Å². The minimum absolute atomic E-state index is 1.40. The van der Waals surface area contributed by atoms with Gasteiger partial charge in [-0.15, -0.1) is 11.3 Å². The monoisotopic (exact) mass is 176 g/mol. The SMILES string of the molecule is CC(C)=C1C=Cc2cc(C)sc21. The maximum atomic E-state index is 2.26. The lowest BCUT2D eigenvalue weighted by Gasteiger charge is -1.96. The number of fused-ring (bicyclic) bond motifs is 1. The fraction of sp³-hybridized carbons (Fsp3) is 0.273. The van der Waals surface area contributed by atoms with E-state index in [1.54, 1.807) is 0 Å². The van der Waals surface area contributed by atoms with Gasteiger partial charge in [-0.2, -0.15) is 0 Å². The van der Waals surface area contributed by atoms with Gasteiger partial charge in [-0.3, -0.25) is 0 Å². The Morgan fingerprint density at radius 3 is 2.67 bits per heavy atom. The number of thiophene rings is 1. The summed E-state index contributed by atoms with van der Waals surface area (Å²) < 4.78 is 0. The Labute approximate surface area is 77.2 Å². The van der Waals surface area contributed by atoms with Gasteiger partial charge >= 0.3 is 0 Å². The lowest BCUT2D eigenvalue weighted by Crippen LogP contribution is -1.74. The normalized spacial score (nSPS) is 13.8. The number of rotatable bonds is 0. The summed E-state index contributed by atoms with van der Waals surface area (Å²) in [7, 11) is 0. The topological polar surface area (TPSA) is 0 Å². The first-order valence-corrected chi connectivity index (χ1v) is 4.96. The highest BCUT2D eigenvalue weighted by atomic mass is 32.1. The van der Waals surface area contributed by atoms with Crippen LogP contribution in [0.1, 0.15) is 29.2 Å². The van der Waals surface area contributed by atoms with Crippen LogP contribution < -0.4 is 0 Å². The zero-order valence-corrected chi connectivity index (χ0v) is 8.46. The fourth-order valence-electron chi connectivity index (χ4n) is 1.51. The van der Waals surface area contributed by atoms with Gasteiger partial charge in [0.25, 0.3) is 0 Å². The Bertz CT molecular complexity index is 374. The molecule has 0 radical (unpaired) electrons. The molecule has 0 atom stereocenters. The van der Waals surface area contributed by atoms with E-state index in [0.29, 0.717) is 0 Å². The standard InChI is InChI=1S/C11H12S/c1-7(2)10-5-4-9-6-8(3)12-11(9)10/h4-6H,1-3H3. The third kappa shape index (κ3) is 1.05. The summed E-state index contributed by atoms with van der Waals surface area (Å²) in [6, 6.07) is 2.26. The molecule has 0 unspecified atom stereocenters. The van der Waals surface area contributed by atoms with Crippen molar-refractivity contribution in [2.45, 2.75) is 20.8 Å². The average Bonchev–Trinajstić information content (AvgIpc) is 2.43. The summed E-state index contributed by atoms with van der Waals surface area (Å²) in [4.78, 5) is 2.86. The third-order valence-electron chi connectivity index (χ3n) is 2.10. The number of hydrogen-bond acceptors (Lipinski definition) is 1. The molecule has 1 aromatic rings. The maximum Gasteiger partial charge on any atom is 0.0417 e. The van der Waals surface area contributed by atoms with Crippen LogP contribution >= 0.6 is 11.3 Å². The first-order chi connectivity index (χ1) is 5.68. The van der Waals surface area contributed by atoms with Crippen LogP contribution in [-0.4, -0.2) is 0 Å². The van der Waals surface area contributed by atoms with Crippen LogP contribution in [0.5, 0.6) is 0 Å². The van der Waals surface area contributed by atoms with E-state index in [2.05, 4.69) is 39.0 Å². The first-order valence-electron chi connectivity index (χ1n) is 4.15. The molecule has 1 heterocycles. The number of aryl methyl sites for hydroxylation is 1. The maximum absolute atomic E-state index is 2.26. The zero-order valence-electron chi connectivity index (χ0n) is 7.64. The van der Waals surface area contributed by atoms with Crippen LogP contribution in [0.2, 0.25) is 0 Å². The van der Waals surface area contributed by atoms with E-state index in [4.69, 9.17) is 0 Å². The highest BCUT2D eigenvalue weighted by molar-refractivity contribution is 7.13. The van der Waals surface area contributed by atoms with Crippen molar-refractivity contribution in [3.63, 3.8) is 0 Å². The zero-order chi connectivity index (χ0) is 8.72. The molecule has 0 amide bonds. The van der Waals surface area contributed by atoms with E-state index in [-0.39, 0.29) is 0 Å². The molecule has 0 nitrogen and oxygen atoms in total. The molecule has 0 saturated carbocycles. The Balaban J connectivity index is 2.63. The predicted molar refractivity (Wildman–Crippen MR) is 56.4 cm³/mol. The molecule has 1 aliphatic rings. The van der Waals surface area contributed by atoms with Crippen LogP contribution in [0.25, 0.3) is 11.6 Å². The quantitative estimate of drug-likeness (QED) is 0.563. The molecule has 1 aliphatic carbocycles. The van der Waals surface area contributed by atoms with E-state index >= 15 is 0 Å². The van der Waals surface area contributed by atoms with Gasteiger partial charge in [0.05, 0.1) is 0 Å². The molecule has 0 spiro atoms. The lowest BCUT2D eigenvalue weighted by molar-refractivity contribution is 1.41. The largest absolute Gasteiger partial charge is 0.140 e. The summed E-state index contributed by atoms with van der Waals surface area (Å²) in [5.41, 5.74) is 4.23. The average molecular weight is 176 g/mol. The minimum atomic E-state index is 1.40. The molecule has 1 heteroatoms. The van der Waals surface area contributed by atoms with Crippen LogP contribution in [0.4, 0.5) is 0 Å². The molecular formula is C11H12S. The Morgan fingerprint density at radius 1 is 1.25 bits per heavy atom. The molecule has 0 aromatic carbocycles. The van der Waals surface area contributed by atoms with Crippen LogP contribution in [0.15, 0.2) is 17.7 Å². The molecule has 2 rings (SSSR count). The van der Waals surface area contributed by atoms with Gasteiger partial charge in [0.15, 0.2) is 0 Å². The molecule has 1 aromatic heterocycles. The van der Waals surface area contributed by atoms with Crippen molar-refractivity contribution in [2.75, 3.05) is 0 Å². The van der Waals surface area contributed by atoms with Crippen LogP contribution in [0.3, 0.4) is 0 Å². The number of hydrogen-bond donors (Lipinski definition) is 0. The second-order valence-corrected chi connectivity index (χ2v) is 4.64. The molecule has 0 N–H and O–H groups in total. The van der Waals surface area contributed by atoms with E-state index in [9.17, 15) is 0 Å². The second-order valence-electron chi connectivity index (χ2n) is 3.39. The van der Waals surface area contributed by atoms with Gasteiger partial charge < -0.3 is 0 Å². The predicted octanol–water partition coefficient (Wildman–Crippen LogP) is 3.88. The molecule has 0 saturated heterocycles.